The highest BCUT2D eigenvalue weighted by atomic mass is 32.2. The summed E-state index contributed by atoms with van der Waals surface area (Å²) in [5, 5.41) is 22.2. The zero-order valence-corrected chi connectivity index (χ0v) is 26.6. The van der Waals surface area contributed by atoms with Gasteiger partial charge in [-0.25, -0.2) is 4.39 Å². The first-order valence-electron chi connectivity index (χ1n) is 15.8. The van der Waals surface area contributed by atoms with Crippen LogP contribution in [-0.2, 0) is 24.8 Å². The van der Waals surface area contributed by atoms with E-state index in [1.54, 1.807) is 25.1 Å². The highest BCUT2D eigenvalue weighted by Crippen LogP contribution is 2.70. The molecule has 9 heteroatoms. The minimum Gasteiger partial charge on any atom is -0.398 e. The Morgan fingerprint density at radius 2 is 1.98 bits per heavy atom. The largest absolute Gasteiger partial charge is 0.398 e. The maximum absolute atomic E-state index is 16.3. The lowest BCUT2D eigenvalue weighted by atomic mass is 9.46. The first-order valence-corrected chi connectivity index (χ1v) is 16.8. The zero-order chi connectivity index (χ0) is 31.9. The molecule has 4 N–H and O–H groups in total. The van der Waals surface area contributed by atoms with E-state index in [1.165, 1.54) is 11.8 Å². The Bertz CT molecular complexity index is 1640. The SMILES string of the molecule is Cc1ccc(SCc2ccccc2N)c(F)c1[C@@H]1O[C@@H]2C[C@H]3[C@@H]4CCC5=CC(=O)C=C[C@]5(C)[C@H]4[C@@H](O)C[C@]3(C)[C@]2(C(=O)CO)O1. The lowest BCUT2D eigenvalue weighted by Gasteiger charge is -2.59. The van der Waals surface area contributed by atoms with E-state index in [0.717, 1.165) is 24.0 Å². The highest BCUT2D eigenvalue weighted by molar-refractivity contribution is 7.98. The van der Waals surface area contributed by atoms with Gasteiger partial charge in [0.15, 0.2) is 23.5 Å². The zero-order valence-electron chi connectivity index (χ0n) is 25.8. The predicted molar refractivity (Wildman–Crippen MR) is 168 cm³/mol. The van der Waals surface area contributed by atoms with Crippen molar-refractivity contribution in [3.8, 4) is 0 Å². The molecule has 4 aliphatic carbocycles. The predicted octanol–water partition coefficient (Wildman–Crippen LogP) is 5.61. The minimum atomic E-state index is -1.54. The molecular formula is C36H40FNO6S. The number of aryl methyl sites for hydroxylation is 1. The number of aliphatic hydroxyl groups excluding tert-OH is 2. The van der Waals surface area contributed by atoms with Gasteiger partial charge in [-0.05, 0) is 79.9 Å². The molecule has 45 heavy (non-hydrogen) atoms. The molecule has 0 spiro atoms. The molecule has 0 amide bonds. The molecule has 5 aliphatic rings. The Kier molecular flexibility index (Phi) is 7.45. The van der Waals surface area contributed by atoms with Crippen molar-refractivity contribution in [2.75, 3.05) is 12.3 Å². The van der Waals surface area contributed by atoms with Gasteiger partial charge in [-0.3, -0.25) is 9.59 Å². The number of ether oxygens (including phenoxy) is 2. The molecule has 1 heterocycles. The van der Waals surface area contributed by atoms with Crippen molar-refractivity contribution in [3.05, 3.63) is 82.7 Å². The molecular weight excluding hydrogens is 593 g/mol. The van der Waals surface area contributed by atoms with E-state index in [1.807, 2.05) is 43.3 Å². The number of allylic oxidation sites excluding steroid dienone is 4. The second-order valence-electron chi connectivity index (χ2n) is 13.9. The molecule has 2 aromatic rings. The van der Waals surface area contributed by atoms with Gasteiger partial charge >= 0.3 is 0 Å². The summed E-state index contributed by atoms with van der Waals surface area (Å²) in [6.07, 6.45) is 4.87. The van der Waals surface area contributed by atoms with Crippen LogP contribution >= 0.6 is 11.8 Å². The smallest absolute Gasteiger partial charge is 0.193 e. The van der Waals surface area contributed by atoms with E-state index in [-0.39, 0.29) is 35.5 Å². The van der Waals surface area contributed by atoms with Crippen LogP contribution in [0.25, 0.3) is 0 Å². The molecule has 0 unspecified atom stereocenters. The third kappa shape index (κ3) is 4.38. The van der Waals surface area contributed by atoms with Crippen molar-refractivity contribution in [3.63, 3.8) is 0 Å². The Labute approximate surface area is 267 Å². The summed E-state index contributed by atoms with van der Waals surface area (Å²) in [7, 11) is 0. The van der Waals surface area contributed by atoms with E-state index in [9.17, 15) is 19.8 Å². The summed E-state index contributed by atoms with van der Waals surface area (Å²) in [5.74, 6) is -0.645. The van der Waals surface area contributed by atoms with Crippen LogP contribution in [0.2, 0.25) is 0 Å². The van der Waals surface area contributed by atoms with Crippen molar-refractivity contribution in [1.82, 2.24) is 0 Å². The number of hydrogen-bond acceptors (Lipinski definition) is 8. The number of anilines is 1. The number of ketones is 2. The van der Waals surface area contributed by atoms with Crippen molar-refractivity contribution in [2.24, 2.45) is 28.6 Å². The first kappa shape index (κ1) is 30.8. The number of rotatable bonds is 6. The fraction of sp³-hybridized carbons (Fsp3) is 0.500. The van der Waals surface area contributed by atoms with Gasteiger partial charge in [0.05, 0.1) is 12.2 Å². The van der Waals surface area contributed by atoms with Gasteiger partial charge in [0.2, 0.25) is 0 Å². The van der Waals surface area contributed by atoms with Crippen LogP contribution in [0.3, 0.4) is 0 Å². The number of carbonyl (C=O) groups is 2. The number of nitrogens with two attached hydrogens (primary N) is 1. The van der Waals surface area contributed by atoms with Gasteiger partial charge < -0.3 is 25.4 Å². The number of aliphatic hydroxyl groups is 2. The topological polar surface area (TPSA) is 119 Å². The normalized spacial score (nSPS) is 38.3. The van der Waals surface area contributed by atoms with Crippen LogP contribution in [-0.4, -0.2) is 46.2 Å². The number of benzene rings is 2. The minimum absolute atomic E-state index is 0.0269. The number of hydrogen-bond donors (Lipinski definition) is 3. The van der Waals surface area contributed by atoms with Crippen LogP contribution in [0.5, 0.6) is 0 Å². The maximum Gasteiger partial charge on any atom is 0.193 e. The third-order valence-corrected chi connectivity index (χ3v) is 12.9. The lowest BCUT2D eigenvalue weighted by Crippen LogP contribution is -2.63. The number of thioether (sulfide) groups is 1. The van der Waals surface area contributed by atoms with E-state index < -0.39 is 53.1 Å². The molecule has 0 aromatic heterocycles. The maximum atomic E-state index is 16.3. The quantitative estimate of drug-likeness (QED) is 0.278. The summed E-state index contributed by atoms with van der Waals surface area (Å²) < 4.78 is 29.5. The van der Waals surface area contributed by atoms with Gasteiger partial charge in [-0.2, -0.15) is 0 Å². The molecule has 1 saturated heterocycles. The van der Waals surface area contributed by atoms with Crippen molar-refractivity contribution >= 4 is 29.0 Å². The molecule has 0 radical (unpaired) electrons. The average molecular weight is 634 g/mol. The molecule has 9 atom stereocenters. The second-order valence-corrected chi connectivity index (χ2v) is 15.0. The van der Waals surface area contributed by atoms with E-state index in [0.29, 0.717) is 28.3 Å². The number of para-hydroxylation sites is 1. The van der Waals surface area contributed by atoms with Gasteiger partial charge in [0, 0.05) is 38.6 Å². The fourth-order valence-corrected chi connectivity index (χ4v) is 10.7. The average Bonchev–Trinajstić information content (AvgIpc) is 3.50. The van der Waals surface area contributed by atoms with Crippen molar-refractivity contribution in [2.45, 2.75) is 81.2 Å². The highest BCUT2D eigenvalue weighted by Gasteiger charge is 2.76. The third-order valence-electron chi connectivity index (χ3n) is 11.8. The number of fused-ring (bicyclic) bond motifs is 7. The molecule has 4 fully saturated rings. The molecule has 3 saturated carbocycles. The number of Topliss-reactive ketones (excluding diaryl/α,β-unsaturated/α-hetero) is 1. The number of nitrogen functional groups attached to an aromatic ring is 1. The van der Waals surface area contributed by atoms with Crippen molar-refractivity contribution in [1.29, 1.82) is 0 Å². The number of halogens is 1. The monoisotopic (exact) mass is 633 g/mol. The van der Waals surface area contributed by atoms with Crippen molar-refractivity contribution < 1.29 is 33.7 Å². The fourth-order valence-electron chi connectivity index (χ4n) is 9.71. The van der Waals surface area contributed by atoms with Crippen LogP contribution in [0.1, 0.15) is 62.5 Å². The van der Waals surface area contributed by atoms with E-state index >= 15 is 4.39 Å². The molecule has 238 valence electrons. The first-order chi connectivity index (χ1) is 21.4. The van der Waals surface area contributed by atoms with Crippen LogP contribution < -0.4 is 5.73 Å². The van der Waals surface area contributed by atoms with Crippen LogP contribution in [0, 0.1) is 41.3 Å². The van der Waals surface area contributed by atoms with Gasteiger partial charge in [0.1, 0.15) is 12.4 Å². The Balaban J connectivity index is 1.22. The van der Waals surface area contributed by atoms with Gasteiger partial charge in [0.25, 0.3) is 0 Å². The molecule has 1 aliphatic heterocycles. The van der Waals surface area contributed by atoms with Gasteiger partial charge in [-0.15, -0.1) is 11.8 Å². The Morgan fingerprint density at radius 3 is 2.73 bits per heavy atom. The summed E-state index contributed by atoms with van der Waals surface area (Å²) >= 11 is 1.33. The molecule has 7 nitrogen and oxygen atoms in total. The molecule has 2 aromatic carbocycles. The van der Waals surface area contributed by atoms with E-state index in [4.69, 9.17) is 15.2 Å². The summed E-state index contributed by atoms with van der Waals surface area (Å²) in [6.45, 7) is 5.12. The second kappa shape index (κ2) is 10.9. The summed E-state index contributed by atoms with van der Waals surface area (Å²) in [5.41, 5.74) is 6.72. The number of carbonyl (C=O) groups excluding carboxylic acids is 2. The standard InChI is InChI=1S/C36H40FNO6S/c1-19-8-11-27(45-18-20-6-4-5-7-25(20)38)32(37)30(19)33-43-29-15-24-23-10-9-21-14-22(40)12-13-34(21,2)31(23)26(41)16-35(24,3)36(29,44-33)28(42)17-39/h4-8,11-14,23-24,26,29,31,33,39,41H,9-10,15-18,38H2,1-3H3/t23-,24-,26-,29+,31+,33+,34-,35-,36+/m0/s1. The summed E-state index contributed by atoms with van der Waals surface area (Å²) in [6, 6.07) is 11.0. The lowest BCUT2D eigenvalue weighted by molar-refractivity contribution is -0.201. The molecule has 0 bridgehead atoms. The van der Waals surface area contributed by atoms with Crippen LogP contribution in [0.4, 0.5) is 10.1 Å². The molecule has 7 rings (SSSR count). The van der Waals surface area contributed by atoms with Crippen LogP contribution in [0.15, 0.2) is 65.1 Å². The van der Waals surface area contributed by atoms with Gasteiger partial charge in [-0.1, -0.05) is 49.8 Å². The Morgan fingerprint density at radius 1 is 1.20 bits per heavy atom. The van der Waals surface area contributed by atoms with E-state index in [2.05, 4.69) is 6.92 Å². The Hall–Kier alpha value is -2.82. The summed E-state index contributed by atoms with van der Waals surface area (Å²) in [4.78, 5) is 26.5.